The van der Waals surface area contributed by atoms with Crippen LogP contribution in [0.5, 0.6) is 0 Å². The van der Waals surface area contributed by atoms with E-state index in [4.69, 9.17) is 5.73 Å². The van der Waals surface area contributed by atoms with Gasteiger partial charge < -0.3 is 5.73 Å². The zero-order valence-corrected chi connectivity index (χ0v) is 9.41. The van der Waals surface area contributed by atoms with Crippen LogP contribution in [0.3, 0.4) is 0 Å². The van der Waals surface area contributed by atoms with Crippen molar-refractivity contribution >= 4 is 5.65 Å². The Morgan fingerprint density at radius 3 is 2.73 bits per heavy atom. The number of hydrogen-bond donors (Lipinski definition) is 2. The molecule has 0 spiro atoms. The molecule has 0 atom stereocenters. The Morgan fingerprint density at radius 2 is 2.13 bits per heavy atom. The fraction of sp³-hybridized carbons (Fsp3) is 0.600. The van der Waals surface area contributed by atoms with Crippen LogP contribution < -0.4 is 5.73 Å². The molecule has 0 aromatic carbocycles. The van der Waals surface area contributed by atoms with E-state index >= 15 is 0 Å². The minimum Gasteiger partial charge on any atom is -0.330 e. The molecule has 2 rings (SSSR count). The number of rotatable bonds is 2. The molecule has 5 heteroatoms. The molecule has 0 aliphatic heterocycles. The molecule has 0 saturated heterocycles. The van der Waals surface area contributed by atoms with Crippen molar-refractivity contribution in [3.8, 4) is 0 Å². The third-order valence-electron chi connectivity index (χ3n) is 2.44. The van der Waals surface area contributed by atoms with E-state index in [1.807, 2.05) is 10.6 Å². The number of nitrogens with zero attached hydrogens (tertiary/aromatic N) is 3. The molecule has 0 unspecified atom stereocenters. The van der Waals surface area contributed by atoms with Crippen molar-refractivity contribution < 1.29 is 0 Å². The van der Waals surface area contributed by atoms with E-state index in [0.717, 1.165) is 23.6 Å². The number of nitrogens with one attached hydrogen (secondary N) is 1. The van der Waals surface area contributed by atoms with Gasteiger partial charge in [-0.05, 0) is 6.54 Å². The van der Waals surface area contributed by atoms with Crippen LogP contribution in [0.2, 0.25) is 0 Å². The Bertz CT molecular complexity index is 460. The Hall–Kier alpha value is -1.36. The summed E-state index contributed by atoms with van der Waals surface area (Å²) in [5, 5.41) is 11.5. The topological polar surface area (TPSA) is 72.0 Å². The molecular weight excluding hydrogens is 190 g/mol. The molecule has 5 nitrogen and oxygen atoms in total. The minimum absolute atomic E-state index is 0.0979. The highest BCUT2D eigenvalue weighted by molar-refractivity contribution is 5.40. The molecule has 0 fully saturated rings. The first-order valence-electron chi connectivity index (χ1n) is 5.16. The van der Waals surface area contributed by atoms with Crippen molar-refractivity contribution in [2.75, 3.05) is 6.54 Å². The standard InChI is InChI=1S/C10H17N5/c1-10(2,3)7-6-9-13-12-8(4-5-11)15(9)14-7/h6,14H,4-5,11H2,1-3H3. The Labute approximate surface area is 88.7 Å². The molecule has 2 aromatic heterocycles. The van der Waals surface area contributed by atoms with Crippen molar-refractivity contribution in [1.82, 2.24) is 19.8 Å². The van der Waals surface area contributed by atoms with Crippen molar-refractivity contribution in [2.24, 2.45) is 5.73 Å². The van der Waals surface area contributed by atoms with Gasteiger partial charge in [0.2, 0.25) is 0 Å². The van der Waals surface area contributed by atoms with Gasteiger partial charge in [0.05, 0.1) is 0 Å². The summed E-state index contributed by atoms with van der Waals surface area (Å²) < 4.78 is 1.91. The van der Waals surface area contributed by atoms with Gasteiger partial charge in [-0.2, -0.15) is 0 Å². The van der Waals surface area contributed by atoms with Gasteiger partial charge in [-0.25, -0.2) is 4.52 Å². The quantitative estimate of drug-likeness (QED) is 0.767. The van der Waals surface area contributed by atoms with E-state index in [1.165, 1.54) is 0 Å². The summed E-state index contributed by atoms with van der Waals surface area (Å²) in [5.41, 5.74) is 7.63. The van der Waals surface area contributed by atoms with Crippen molar-refractivity contribution in [1.29, 1.82) is 0 Å². The van der Waals surface area contributed by atoms with E-state index in [9.17, 15) is 0 Å². The average Bonchev–Trinajstić information content (AvgIpc) is 2.65. The lowest BCUT2D eigenvalue weighted by atomic mass is 9.93. The smallest absolute Gasteiger partial charge is 0.177 e. The molecule has 0 amide bonds. The molecule has 0 aliphatic carbocycles. The summed E-state index contributed by atoms with van der Waals surface area (Å²) in [5.74, 6) is 0.892. The third kappa shape index (κ3) is 1.74. The first-order valence-corrected chi connectivity index (χ1v) is 5.16. The molecule has 0 bridgehead atoms. The number of hydrogen-bond acceptors (Lipinski definition) is 3. The van der Waals surface area contributed by atoms with Crippen molar-refractivity contribution in [2.45, 2.75) is 32.6 Å². The molecular formula is C10H17N5. The highest BCUT2D eigenvalue weighted by Gasteiger charge is 2.18. The number of nitrogens with two attached hydrogens (primary N) is 1. The predicted molar refractivity (Wildman–Crippen MR) is 58.8 cm³/mol. The zero-order chi connectivity index (χ0) is 11.1. The van der Waals surface area contributed by atoms with Crippen LogP contribution in [0, 0.1) is 0 Å². The second kappa shape index (κ2) is 3.34. The van der Waals surface area contributed by atoms with Crippen molar-refractivity contribution in [3.63, 3.8) is 0 Å². The number of aromatic amines is 1. The van der Waals surface area contributed by atoms with Crippen LogP contribution >= 0.6 is 0 Å². The second-order valence-corrected chi connectivity index (χ2v) is 4.77. The highest BCUT2D eigenvalue weighted by atomic mass is 15.4. The maximum absolute atomic E-state index is 5.51. The van der Waals surface area contributed by atoms with Crippen LogP contribution in [0.25, 0.3) is 5.65 Å². The Balaban J connectivity index is 2.48. The molecule has 0 radical (unpaired) electrons. The van der Waals surface area contributed by atoms with E-state index < -0.39 is 0 Å². The largest absolute Gasteiger partial charge is 0.330 e. The molecule has 0 aliphatic rings. The van der Waals surface area contributed by atoms with E-state index in [0.29, 0.717) is 6.54 Å². The Kier molecular flexibility index (Phi) is 2.26. The van der Waals surface area contributed by atoms with E-state index in [1.54, 1.807) is 0 Å². The van der Waals surface area contributed by atoms with Crippen LogP contribution in [0.4, 0.5) is 0 Å². The summed E-state index contributed by atoms with van der Waals surface area (Å²) in [6.07, 6.45) is 0.741. The van der Waals surface area contributed by atoms with Gasteiger partial charge in [0, 0.05) is 23.6 Å². The molecule has 2 heterocycles. The van der Waals surface area contributed by atoms with Gasteiger partial charge in [0.15, 0.2) is 11.5 Å². The molecule has 15 heavy (non-hydrogen) atoms. The molecule has 3 N–H and O–H groups in total. The number of H-pyrrole nitrogens is 1. The van der Waals surface area contributed by atoms with Gasteiger partial charge in [0.1, 0.15) is 0 Å². The summed E-state index contributed by atoms with van der Waals surface area (Å²) >= 11 is 0. The van der Waals surface area contributed by atoms with Gasteiger partial charge in [-0.1, -0.05) is 20.8 Å². The fourth-order valence-electron chi connectivity index (χ4n) is 1.50. The molecule has 0 saturated carbocycles. The van der Waals surface area contributed by atoms with Gasteiger partial charge >= 0.3 is 0 Å². The first-order chi connectivity index (χ1) is 7.02. The SMILES string of the molecule is CC(C)(C)c1cc2nnc(CCN)n2[nH]1. The Morgan fingerprint density at radius 1 is 1.40 bits per heavy atom. The summed E-state index contributed by atoms with van der Waals surface area (Å²) in [6, 6.07) is 2.03. The lowest BCUT2D eigenvalue weighted by Gasteiger charge is -2.15. The predicted octanol–water partition coefficient (Wildman–Crippen LogP) is 0.856. The lowest BCUT2D eigenvalue weighted by molar-refractivity contribution is 0.560. The number of aromatic nitrogens is 4. The lowest BCUT2D eigenvalue weighted by Crippen LogP contribution is -2.13. The minimum atomic E-state index is 0.0979. The van der Waals surface area contributed by atoms with Gasteiger partial charge in [-0.15, -0.1) is 10.2 Å². The van der Waals surface area contributed by atoms with Crippen LogP contribution in [-0.2, 0) is 11.8 Å². The zero-order valence-electron chi connectivity index (χ0n) is 9.41. The third-order valence-corrected chi connectivity index (χ3v) is 2.44. The number of fused-ring (bicyclic) bond motifs is 1. The van der Waals surface area contributed by atoms with E-state index in [-0.39, 0.29) is 5.41 Å². The molecule has 82 valence electrons. The second-order valence-electron chi connectivity index (χ2n) is 4.77. The van der Waals surface area contributed by atoms with Gasteiger partial charge in [0.25, 0.3) is 0 Å². The maximum Gasteiger partial charge on any atom is 0.177 e. The highest BCUT2D eigenvalue weighted by Crippen LogP contribution is 2.21. The fourth-order valence-corrected chi connectivity index (χ4v) is 1.50. The van der Waals surface area contributed by atoms with E-state index in [2.05, 4.69) is 36.1 Å². The van der Waals surface area contributed by atoms with Gasteiger partial charge in [-0.3, -0.25) is 5.10 Å². The van der Waals surface area contributed by atoms with Crippen LogP contribution in [0.1, 0.15) is 32.3 Å². The first kappa shape index (κ1) is 10.2. The maximum atomic E-state index is 5.51. The average molecular weight is 207 g/mol. The van der Waals surface area contributed by atoms with Crippen molar-refractivity contribution in [3.05, 3.63) is 17.6 Å². The monoisotopic (exact) mass is 207 g/mol. The van der Waals surface area contributed by atoms with Crippen LogP contribution in [0.15, 0.2) is 6.07 Å². The normalized spacial score (nSPS) is 12.5. The summed E-state index contributed by atoms with van der Waals surface area (Å²) in [4.78, 5) is 0. The summed E-state index contributed by atoms with van der Waals surface area (Å²) in [6.45, 7) is 7.07. The molecule has 2 aromatic rings. The van der Waals surface area contributed by atoms with Crippen LogP contribution in [-0.4, -0.2) is 26.4 Å². The summed E-state index contributed by atoms with van der Waals surface area (Å²) in [7, 11) is 0.